The van der Waals surface area contributed by atoms with E-state index in [0.717, 1.165) is 18.4 Å². The second-order valence-electron chi connectivity index (χ2n) is 4.23. The molecular formula is C16H20O2. The molecule has 96 valence electrons. The first-order valence-electron chi connectivity index (χ1n) is 6.21. The fraction of sp³-hybridized carbons (Fsp3) is 0.312. The van der Waals surface area contributed by atoms with Crippen LogP contribution in [-0.2, 0) is 16.0 Å². The van der Waals surface area contributed by atoms with Crippen molar-refractivity contribution in [3.63, 3.8) is 0 Å². The highest BCUT2D eigenvalue weighted by Gasteiger charge is 2.08. The zero-order chi connectivity index (χ0) is 13.5. The van der Waals surface area contributed by atoms with Crippen molar-refractivity contribution in [3.05, 3.63) is 53.6 Å². The van der Waals surface area contributed by atoms with E-state index in [4.69, 9.17) is 4.74 Å². The van der Waals surface area contributed by atoms with Gasteiger partial charge in [-0.3, -0.25) is 0 Å². The van der Waals surface area contributed by atoms with Crippen LogP contribution in [-0.4, -0.2) is 5.97 Å². The van der Waals surface area contributed by atoms with Crippen LogP contribution in [0.15, 0.2) is 42.5 Å². The Kier molecular flexibility index (Phi) is 5.37. The second kappa shape index (κ2) is 6.80. The maximum Gasteiger partial charge on any atom is 0.338 e. The molecule has 0 aliphatic rings. The van der Waals surface area contributed by atoms with Gasteiger partial charge in [-0.25, -0.2) is 4.79 Å². The summed E-state index contributed by atoms with van der Waals surface area (Å²) in [6, 6.07) is 7.96. The summed E-state index contributed by atoms with van der Waals surface area (Å²) >= 11 is 0. The molecule has 1 rings (SSSR count). The number of benzene rings is 1. The molecule has 1 aromatic carbocycles. The van der Waals surface area contributed by atoms with Gasteiger partial charge in [0.05, 0.1) is 0 Å². The topological polar surface area (TPSA) is 26.3 Å². The Morgan fingerprint density at radius 1 is 1.33 bits per heavy atom. The third-order valence-electron chi connectivity index (χ3n) is 2.79. The van der Waals surface area contributed by atoms with Crippen LogP contribution in [0, 0.1) is 0 Å². The fourth-order valence-corrected chi connectivity index (χ4v) is 1.52. The van der Waals surface area contributed by atoms with E-state index in [-0.39, 0.29) is 5.97 Å². The van der Waals surface area contributed by atoms with Gasteiger partial charge in [0, 0.05) is 11.1 Å². The number of carbonyl (C=O) groups is 1. The molecular weight excluding hydrogens is 224 g/mol. The molecule has 1 aromatic rings. The zero-order valence-electron chi connectivity index (χ0n) is 11.3. The molecule has 0 radical (unpaired) electrons. The van der Waals surface area contributed by atoms with Crippen LogP contribution in [0.1, 0.15) is 38.3 Å². The van der Waals surface area contributed by atoms with Gasteiger partial charge in [-0.05, 0) is 25.8 Å². The van der Waals surface area contributed by atoms with Gasteiger partial charge in [0.2, 0.25) is 0 Å². The summed E-state index contributed by atoms with van der Waals surface area (Å²) in [5.41, 5.74) is 2.70. The molecule has 0 spiro atoms. The van der Waals surface area contributed by atoms with Crippen molar-refractivity contribution >= 4 is 11.7 Å². The number of rotatable bonds is 5. The highest BCUT2D eigenvalue weighted by molar-refractivity contribution is 5.91. The first-order valence-corrected chi connectivity index (χ1v) is 6.21. The number of allylic oxidation sites excluding steroid dienone is 1. The summed E-state index contributed by atoms with van der Waals surface area (Å²) in [5.74, 6) is 0.0457. The second-order valence-corrected chi connectivity index (χ2v) is 4.23. The third kappa shape index (κ3) is 3.88. The van der Waals surface area contributed by atoms with Crippen LogP contribution in [0.2, 0.25) is 0 Å². The molecule has 0 saturated heterocycles. The Morgan fingerprint density at radius 2 is 1.94 bits per heavy atom. The summed E-state index contributed by atoms with van der Waals surface area (Å²) < 4.78 is 5.19. The number of esters is 1. The smallest absolute Gasteiger partial charge is 0.338 e. The van der Waals surface area contributed by atoms with Gasteiger partial charge in [-0.1, -0.05) is 50.3 Å². The van der Waals surface area contributed by atoms with Crippen molar-refractivity contribution in [1.29, 1.82) is 0 Å². The van der Waals surface area contributed by atoms with Crippen molar-refractivity contribution in [3.8, 4) is 0 Å². The van der Waals surface area contributed by atoms with E-state index < -0.39 is 0 Å². The van der Waals surface area contributed by atoms with Crippen LogP contribution in [0.3, 0.4) is 0 Å². The van der Waals surface area contributed by atoms with E-state index in [1.807, 2.05) is 24.3 Å². The molecule has 2 heteroatoms. The normalized spacial score (nSPS) is 11.2. The summed E-state index contributed by atoms with van der Waals surface area (Å²) in [6.45, 7) is 9.46. The van der Waals surface area contributed by atoms with Crippen LogP contribution in [0.4, 0.5) is 0 Å². The van der Waals surface area contributed by atoms with Crippen molar-refractivity contribution < 1.29 is 9.53 Å². The van der Waals surface area contributed by atoms with E-state index in [1.54, 1.807) is 19.9 Å². The standard InChI is InChI=1S/C16H20O2/c1-5-7-14-8-10-15(11-9-14)13(4)18-16(17)12(3)6-2/h6,8-11H,4-5,7H2,1-3H3/b12-6+. The largest absolute Gasteiger partial charge is 0.423 e. The quantitative estimate of drug-likeness (QED) is 0.442. The maximum atomic E-state index is 11.6. The molecule has 0 N–H and O–H groups in total. The highest BCUT2D eigenvalue weighted by atomic mass is 16.5. The lowest BCUT2D eigenvalue weighted by Crippen LogP contribution is -2.04. The van der Waals surface area contributed by atoms with E-state index in [0.29, 0.717) is 11.3 Å². The van der Waals surface area contributed by atoms with Gasteiger partial charge in [0.25, 0.3) is 0 Å². The van der Waals surface area contributed by atoms with Gasteiger partial charge >= 0.3 is 5.97 Å². The average Bonchev–Trinajstić information content (AvgIpc) is 2.38. The van der Waals surface area contributed by atoms with Gasteiger partial charge in [0.1, 0.15) is 5.76 Å². The monoisotopic (exact) mass is 244 g/mol. The van der Waals surface area contributed by atoms with Crippen LogP contribution in [0.5, 0.6) is 0 Å². The van der Waals surface area contributed by atoms with E-state index >= 15 is 0 Å². The molecule has 0 aromatic heterocycles. The van der Waals surface area contributed by atoms with Crippen molar-refractivity contribution in [2.45, 2.75) is 33.6 Å². The van der Waals surface area contributed by atoms with Gasteiger partial charge in [0.15, 0.2) is 0 Å². The Morgan fingerprint density at radius 3 is 2.44 bits per heavy atom. The molecule has 0 heterocycles. The minimum absolute atomic E-state index is 0.347. The number of hydrogen-bond donors (Lipinski definition) is 0. The first kappa shape index (κ1) is 14.2. The van der Waals surface area contributed by atoms with Gasteiger partial charge < -0.3 is 4.74 Å². The SMILES string of the molecule is C=C(OC(=O)/C(C)=C/C)c1ccc(CCC)cc1. The lowest BCUT2D eigenvalue weighted by Gasteiger charge is -2.08. The number of hydrogen-bond acceptors (Lipinski definition) is 2. The summed E-state index contributed by atoms with van der Waals surface area (Å²) in [4.78, 5) is 11.6. The van der Waals surface area contributed by atoms with E-state index in [1.165, 1.54) is 5.56 Å². The first-order chi connectivity index (χ1) is 8.58. The predicted octanol–water partition coefficient (Wildman–Crippen LogP) is 4.12. The molecule has 0 amide bonds. The lowest BCUT2D eigenvalue weighted by atomic mass is 10.1. The van der Waals surface area contributed by atoms with E-state index in [9.17, 15) is 4.79 Å². The zero-order valence-corrected chi connectivity index (χ0v) is 11.3. The molecule has 0 bridgehead atoms. The lowest BCUT2D eigenvalue weighted by molar-refractivity contribution is -0.132. The minimum atomic E-state index is -0.347. The summed E-state index contributed by atoms with van der Waals surface area (Å²) in [6.07, 6.45) is 3.90. The van der Waals surface area contributed by atoms with E-state index in [2.05, 4.69) is 13.5 Å². The maximum absolute atomic E-state index is 11.6. The minimum Gasteiger partial charge on any atom is -0.423 e. The molecule has 2 nitrogen and oxygen atoms in total. The predicted molar refractivity (Wildman–Crippen MR) is 75.0 cm³/mol. The van der Waals surface area contributed by atoms with Crippen LogP contribution >= 0.6 is 0 Å². The van der Waals surface area contributed by atoms with Crippen molar-refractivity contribution in [2.75, 3.05) is 0 Å². The Hall–Kier alpha value is -1.83. The number of aryl methyl sites for hydroxylation is 1. The van der Waals surface area contributed by atoms with Crippen LogP contribution in [0.25, 0.3) is 5.76 Å². The Balaban J connectivity index is 2.70. The highest BCUT2D eigenvalue weighted by Crippen LogP contribution is 2.17. The third-order valence-corrected chi connectivity index (χ3v) is 2.79. The molecule has 0 fully saturated rings. The molecule has 0 unspecified atom stereocenters. The average molecular weight is 244 g/mol. The number of ether oxygens (including phenoxy) is 1. The van der Waals surface area contributed by atoms with Crippen LogP contribution < -0.4 is 0 Å². The summed E-state index contributed by atoms with van der Waals surface area (Å²) in [7, 11) is 0. The Bertz CT molecular complexity index is 452. The molecule has 0 aliphatic heterocycles. The number of carbonyl (C=O) groups excluding carboxylic acids is 1. The van der Waals surface area contributed by atoms with Gasteiger partial charge in [-0.15, -0.1) is 0 Å². The fourth-order valence-electron chi connectivity index (χ4n) is 1.52. The van der Waals surface area contributed by atoms with Crippen molar-refractivity contribution in [2.24, 2.45) is 0 Å². The molecule has 0 atom stereocenters. The molecule has 0 saturated carbocycles. The van der Waals surface area contributed by atoms with Crippen molar-refractivity contribution in [1.82, 2.24) is 0 Å². The molecule has 18 heavy (non-hydrogen) atoms. The Labute approximate surface area is 109 Å². The van der Waals surface area contributed by atoms with Gasteiger partial charge in [-0.2, -0.15) is 0 Å². The summed E-state index contributed by atoms with van der Waals surface area (Å²) in [5, 5.41) is 0. The molecule has 0 aliphatic carbocycles.